The van der Waals surface area contributed by atoms with E-state index >= 15 is 0 Å². The predicted octanol–water partition coefficient (Wildman–Crippen LogP) is 2.18. The lowest BCUT2D eigenvalue weighted by atomic mass is 10.2. The Kier molecular flexibility index (Phi) is 4.00. The number of benzene rings is 1. The quantitative estimate of drug-likeness (QED) is 0.940. The molecule has 3 rings (SSSR count). The van der Waals surface area contributed by atoms with Crippen LogP contribution in [0.3, 0.4) is 0 Å². The topological polar surface area (TPSA) is 54.2 Å². The van der Waals surface area contributed by atoms with Crippen LogP contribution in [0.25, 0.3) is 11.4 Å². The van der Waals surface area contributed by atoms with Gasteiger partial charge in [0.2, 0.25) is 11.7 Å². The van der Waals surface area contributed by atoms with E-state index in [0.717, 1.165) is 25.2 Å². The van der Waals surface area contributed by atoms with Gasteiger partial charge in [-0.2, -0.15) is 4.98 Å². The number of hydrogen-bond donors (Lipinski definition) is 1. The van der Waals surface area contributed by atoms with E-state index in [-0.39, 0.29) is 0 Å². The molecule has 1 saturated heterocycles. The summed E-state index contributed by atoms with van der Waals surface area (Å²) in [7, 11) is 0. The highest BCUT2D eigenvalue weighted by Crippen LogP contribution is 2.25. The number of nitrogens with one attached hydrogen (secondary N) is 1. The van der Waals surface area contributed by atoms with Crippen molar-refractivity contribution in [1.29, 1.82) is 0 Å². The van der Waals surface area contributed by atoms with Gasteiger partial charge in [0.1, 0.15) is 0 Å². The molecule has 1 aromatic heterocycles. The fraction of sp³-hybridized carbons (Fsp3) is 0.429. The first kappa shape index (κ1) is 13.5. The van der Waals surface area contributed by atoms with Gasteiger partial charge in [-0.15, -0.1) is 0 Å². The minimum Gasteiger partial charge on any atom is -0.338 e. The van der Waals surface area contributed by atoms with Crippen LogP contribution in [-0.4, -0.2) is 40.7 Å². The Hall–Kier alpha value is -1.43. The molecule has 20 heavy (non-hydrogen) atoms. The van der Waals surface area contributed by atoms with Crippen LogP contribution in [0.2, 0.25) is 5.02 Å². The summed E-state index contributed by atoms with van der Waals surface area (Å²) < 4.78 is 5.34. The second kappa shape index (κ2) is 5.91. The van der Waals surface area contributed by atoms with Gasteiger partial charge in [0, 0.05) is 31.2 Å². The molecule has 1 atom stereocenters. The summed E-state index contributed by atoms with van der Waals surface area (Å²) in [6.45, 7) is 5.85. The predicted molar refractivity (Wildman–Crippen MR) is 77.5 cm³/mol. The Bertz CT molecular complexity index is 586. The van der Waals surface area contributed by atoms with Crippen molar-refractivity contribution in [1.82, 2.24) is 20.4 Å². The number of rotatable bonds is 3. The molecule has 1 N–H and O–H groups in total. The molecule has 5 nitrogen and oxygen atoms in total. The summed E-state index contributed by atoms with van der Waals surface area (Å²) in [6, 6.07) is 7.99. The van der Waals surface area contributed by atoms with Gasteiger partial charge < -0.3 is 9.84 Å². The second-order valence-corrected chi connectivity index (χ2v) is 5.42. The molecule has 0 aliphatic carbocycles. The number of nitrogens with zero attached hydrogens (tertiary/aromatic N) is 3. The first-order valence-corrected chi connectivity index (χ1v) is 7.14. The minimum absolute atomic E-state index is 0.472. The van der Waals surface area contributed by atoms with Crippen molar-refractivity contribution in [2.75, 3.05) is 19.6 Å². The maximum absolute atomic E-state index is 6.14. The van der Waals surface area contributed by atoms with Crippen LogP contribution in [0.1, 0.15) is 12.8 Å². The highest BCUT2D eigenvalue weighted by atomic mass is 35.5. The second-order valence-electron chi connectivity index (χ2n) is 5.02. The van der Waals surface area contributed by atoms with E-state index in [9.17, 15) is 0 Å². The lowest BCUT2D eigenvalue weighted by Crippen LogP contribution is -2.49. The van der Waals surface area contributed by atoms with E-state index in [1.165, 1.54) is 0 Å². The summed E-state index contributed by atoms with van der Waals surface area (Å²) >= 11 is 6.14. The highest BCUT2D eigenvalue weighted by molar-refractivity contribution is 6.33. The zero-order valence-corrected chi connectivity index (χ0v) is 12.1. The van der Waals surface area contributed by atoms with Gasteiger partial charge in [-0.25, -0.2) is 0 Å². The van der Waals surface area contributed by atoms with Crippen molar-refractivity contribution in [3.8, 4) is 11.4 Å². The van der Waals surface area contributed by atoms with Gasteiger partial charge in [-0.3, -0.25) is 4.90 Å². The molecular weight excluding hydrogens is 276 g/mol. The lowest BCUT2D eigenvalue weighted by molar-refractivity contribution is 0.146. The van der Waals surface area contributed by atoms with Crippen LogP contribution < -0.4 is 5.32 Å². The fourth-order valence-corrected chi connectivity index (χ4v) is 2.58. The molecule has 0 unspecified atom stereocenters. The summed E-state index contributed by atoms with van der Waals surface area (Å²) in [5, 5.41) is 8.02. The molecule has 0 amide bonds. The Morgan fingerprint density at radius 2 is 2.30 bits per heavy atom. The van der Waals surface area contributed by atoms with E-state index in [2.05, 4.69) is 27.3 Å². The molecular formula is C14H17ClN4O. The average Bonchev–Trinajstić information content (AvgIpc) is 2.90. The van der Waals surface area contributed by atoms with Gasteiger partial charge in [-0.1, -0.05) is 28.9 Å². The van der Waals surface area contributed by atoms with E-state index in [0.29, 0.717) is 29.3 Å². The van der Waals surface area contributed by atoms with Gasteiger partial charge in [0.25, 0.3) is 0 Å². The SMILES string of the molecule is C[C@H]1CNCCN1Cc1nc(-c2ccccc2Cl)no1. The fourth-order valence-electron chi connectivity index (χ4n) is 2.36. The average molecular weight is 293 g/mol. The van der Waals surface area contributed by atoms with Crippen molar-refractivity contribution in [2.24, 2.45) is 0 Å². The Balaban J connectivity index is 1.75. The molecule has 1 fully saturated rings. The van der Waals surface area contributed by atoms with Gasteiger partial charge >= 0.3 is 0 Å². The monoisotopic (exact) mass is 292 g/mol. The van der Waals surface area contributed by atoms with Crippen LogP contribution in [-0.2, 0) is 6.54 Å². The molecule has 6 heteroatoms. The Labute approximate surface area is 122 Å². The van der Waals surface area contributed by atoms with Gasteiger partial charge in [0.05, 0.1) is 11.6 Å². The number of halogens is 1. The van der Waals surface area contributed by atoms with Crippen LogP contribution in [0.5, 0.6) is 0 Å². The molecule has 106 valence electrons. The third-order valence-electron chi connectivity index (χ3n) is 3.56. The van der Waals surface area contributed by atoms with Crippen molar-refractivity contribution >= 4 is 11.6 Å². The van der Waals surface area contributed by atoms with Crippen molar-refractivity contribution in [2.45, 2.75) is 19.5 Å². The van der Waals surface area contributed by atoms with Crippen molar-refractivity contribution in [3.63, 3.8) is 0 Å². The molecule has 2 aromatic rings. The first-order valence-electron chi connectivity index (χ1n) is 6.76. The molecule has 1 aliphatic rings. The summed E-state index contributed by atoms with van der Waals surface area (Å²) in [5.41, 5.74) is 0.803. The normalized spacial score (nSPS) is 20.2. The zero-order valence-electron chi connectivity index (χ0n) is 11.3. The van der Waals surface area contributed by atoms with Gasteiger partial charge in [0.15, 0.2) is 0 Å². The standard InChI is InChI=1S/C14H17ClN4O/c1-10-8-16-6-7-19(10)9-13-17-14(18-20-13)11-4-2-3-5-12(11)15/h2-5,10,16H,6-9H2,1H3/t10-/m0/s1. The van der Waals surface area contributed by atoms with Crippen LogP contribution >= 0.6 is 11.6 Å². The molecule has 0 bridgehead atoms. The maximum Gasteiger partial charge on any atom is 0.241 e. The third kappa shape index (κ3) is 2.85. The first-order chi connectivity index (χ1) is 9.74. The molecule has 0 radical (unpaired) electrons. The van der Waals surface area contributed by atoms with Gasteiger partial charge in [-0.05, 0) is 19.1 Å². The van der Waals surface area contributed by atoms with E-state index in [4.69, 9.17) is 16.1 Å². The molecule has 1 aromatic carbocycles. The largest absolute Gasteiger partial charge is 0.338 e. The molecule has 2 heterocycles. The Morgan fingerprint density at radius 1 is 1.45 bits per heavy atom. The van der Waals surface area contributed by atoms with Crippen LogP contribution in [0.4, 0.5) is 0 Å². The number of piperazine rings is 1. The summed E-state index contributed by atoms with van der Waals surface area (Å²) in [6.07, 6.45) is 0. The smallest absolute Gasteiger partial charge is 0.241 e. The maximum atomic E-state index is 6.14. The minimum atomic E-state index is 0.472. The van der Waals surface area contributed by atoms with E-state index < -0.39 is 0 Å². The van der Waals surface area contributed by atoms with Crippen LogP contribution in [0, 0.1) is 0 Å². The summed E-state index contributed by atoms with van der Waals surface area (Å²) in [5.74, 6) is 1.18. The molecule has 0 saturated carbocycles. The molecule has 1 aliphatic heterocycles. The van der Waals surface area contributed by atoms with Crippen molar-refractivity contribution < 1.29 is 4.52 Å². The Morgan fingerprint density at radius 3 is 3.10 bits per heavy atom. The lowest BCUT2D eigenvalue weighted by Gasteiger charge is -2.32. The zero-order chi connectivity index (χ0) is 13.9. The molecule has 0 spiro atoms. The van der Waals surface area contributed by atoms with Crippen LogP contribution in [0.15, 0.2) is 28.8 Å². The van der Waals surface area contributed by atoms with Crippen molar-refractivity contribution in [3.05, 3.63) is 35.2 Å². The number of hydrogen-bond acceptors (Lipinski definition) is 5. The number of aromatic nitrogens is 2. The highest BCUT2D eigenvalue weighted by Gasteiger charge is 2.21. The van der Waals surface area contributed by atoms with E-state index in [1.54, 1.807) is 0 Å². The van der Waals surface area contributed by atoms with E-state index in [1.807, 2.05) is 24.3 Å². The summed E-state index contributed by atoms with van der Waals surface area (Å²) in [4.78, 5) is 6.78. The third-order valence-corrected chi connectivity index (χ3v) is 3.89.